The van der Waals surface area contributed by atoms with Crippen molar-refractivity contribution in [1.82, 2.24) is 19.8 Å². The molecule has 136 valence electrons. The number of hydrogen-bond donors (Lipinski definition) is 1. The third kappa shape index (κ3) is 3.95. The molecule has 1 saturated heterocycles. The highest BCUT2D eigenvalue weighted by atomic mass is 32.2. The lowest BCUT2D eigenvalue weighted by Crippen LogP contribution is -2.39. The summed E-state index contributed by atoms with van der Waals surface area (Å²) in [6.45, 7) is 3.63. The molecule has 7 nitrogen and oxygen atoms in total. The number of nitrogens with zero attached hydrogens (tertiary/aromatic N) is 3. The SMILES string of the molecule is CCn1c(CN(C)C(=O)NCC2CCS(=O)(=O)C2)nc2ccccc21. The van der Waals surface area contributed by atoms with Gasteiger partial charge in [0, 0.05) is 20.1 Å². The molecule has 1 N–H and O–H groups in total. The Labute approximate surface area is 147 Å². The molecule has 1 aromatic heterocycles. The quantitative estimate of drug-likeness (QED) is 0.874. The number of sulfone groups is 1. The minimum absolute atomic E-state index is 0.0163. The number of benzene rings is 1. The number of imidazole rings is 1. The van der Waals surface area contributed by atoms with E-state index in [0.717, 1.165) is 23.4 Å². The molecular formula is C17H24N4O3S. The molecule has 1 atom stereocenters. The van der Waals surface area contributed by atoms with Gasteiger partial charge in [-0.1, -0.05) is 12.1 Å². The van der Waals surface area contributed by atoms with Crippen molar-refractivity contribution in [3.63, 3.8) is 0 Å². The number of carbonyl (C=O) groups excluding carboxylic acids is 1. The van der Waals surface area contributed by atoms with Gasteiger partial charge in [-0.05, 0) is 31.4 Å². The van der Waals surface area contributed by atoms with E-state index in [1.165, 1.54) is 0 Å². The Morgan fingerprint density at radius 3 is 2.84 bits per heavy atom. The van der Waals surface area contributed by atoms with Gasteiger partial charge in [-0.2, -0.15) is 0 Å². The van der Waals surface area contributed by atoms with Gasteiger partial charge < -0.3 is 14.8 Å². The van der Waals surface area contributed by atoms with Gasteiger partial charge in [0.05, 0.1) is 29.1 Å². The third-order valence-corrected chi connectivity index (χ3v) is 6.48. The molecule has 3 rings (SSSR count). The molecule has 1 fully saturated rings. The van der Waals surface area contributed by atoms with Crippen molar-refractivity contribution in [2.24, 2.45) is 5.92 Å². The van der Waals surface area contributed by atoms with Crippen LogP contribution in [0.1, 0.15) is 19.2 Å². The Bertz CT molecular complexity index is 875. The van der Waals surface area contributed by atoms with Crippen molar-refractivity contribution in [2.45, 2.75) is 26.4 Å². The summed E-state index contributed by atoms with van der Waals surface area (Å²) >= 11 is 0. The average Bonchev–Trinajstić information content (AvgIpc) is 3.11. The summed E-state index contributed by atoms with van der Waals surface area (Å²) in [6, 6.07) is 7.71. The van der Waals surface area contributed by atoms with Gasteiger partial charge in [0.15, 0.2) is 9.84 Å². The summed E-state index contributed by atoms with van der Waals surface area (Å²) in [5.74, 6) is 1.25. The fourth-order valence-corrected chi connectivity index (χ4v) is 5.14. The standard InChI is InChI=1S/C17H24N4O3S/c1-3-21-15-7-5-4-6-14(15)19-16(21)11-20(2)17(22)18-10-13-8-9-25(23,24)12-13/h4-7,13H,3,8-12H2,1-2H3,(H,18,22). The largest absolute Gasteiger partial charge is 0.338 e. The van der Waals surface area contributed by atoms with E-state index in [1.807, 2.05) is 24.3 Å². The lowest BCUT2D eigenvalue weighted by molar-refractivity contribution is 0.203. The smallest absolute Gasteiger partial charge is 0.317 e. The van der Waals surface area contributed by atoms with Crippen LogP contribution in [0.25, 0.3) is 11.0 Å². The number of fused-ring (bicyclic) bond motifs is 1. The van der Waals surface area contributed by atoms with Crippen LogP contribution in [0.2, 0.25) is 0 Å². The molecule has 0 aliphatic carbocycles. The Hall–Kier alpha value is -2.09. The number of nitrogens with one attached hydrogen (secondary N) is 1. The van der Waals surface area contributed by atoms with Crippen molar-refractivity contribution in [3.8, 4) is 0 Å². The number of hydrogen-bond acceptors (Lipinski definition) is 4. The monoisotopic (exact) mass is 364 g/mol. The van der Waals surface area contributed by atoms with Crippen LogP contribution in [0.4, 0.5) is 4.79 Å². The van der Waals surface area contributed by atoms with E-state index in [9.17, 15) is 13.2 Å². The van der Waals surface area contributed by atoms with Crippen LogP contribution in [0.5, 0.6) is 0 Å². The molecule has 0 bridgehead atoms. The Kier molecular flexibility index (Phi) is 4.99. The van der Waals surface area contributed by atoms with Gasteiger partial charge in [0.2, 0.25) is 0 Å². The zero-order valence-corrected chi connectivity index (χ0v) is 15.4. The van der Waals surface area contributed by atoms with Crippen molar-refractivity contribution in [3.05, 3.63) is 30.1 Å². The molecule has 8 heteroatoms. The molecule has 1 aromatic carbocycles. The molecule has 1 unspecified atom stereocenters. The van der Waals surface area contributed by atoms with Crippen LogP contribution in [0, 0.1) is 5.92 Å². The molecule has 25 heavy (non-hydrogen) atoms. The van der Waals surface area contributed by atoms with Crippen LogP contribution in [0.15, 0.2) is 24.3 Å². The second kappa shape index (κ2) is 7.03. The average molecular weight is 364 g/mol. The van der Waals surface area contributed by atoms with Crippen LogP contribution in [0.3, 0.4) is 0 Å². The predicted molar refractivity (Wildman–Crippen MR) is 97.0 cm³/mol. The summed E-state index contributed by atoms with van der Waals surface area (Å²) in [5, 5.41) is 2.84. The minimum Gasteiger partial charge on any atom is -0.338 e. The first-order valence-corrected chi connectivity index (χ1v) is 10.4. The molecular weight excluding hydrogens is 340 g/mol. The topological polar surface area (TPSA) is 84.3 Å². The second-order valence-corrected chi connectivity index (χ2v) is 8.80. The van der Waals surface area contributed by atoms with Crippen LogP contribution in [-0.2, 0) is 22.9 Å². The van der Waals surface area contributed by atoms with E-state index < -0.39 is 9.84 Å². The lowest BCUT2D eigenvalue weighted by Gasteiger charge is -2.19. The maximum absolute atomic E-state index is 12.3. The maximum Gasteiger partial charge on any atom is 0.317 e. The lowest BCUT2D eigenvalue weighted by atomic mass is 10.1. The van der Waals surface area contributed by atoms with Crippen molar-refractivity contribution >= 4 is 26.9 Å². The first-order chi connectivity index (χ1) is 11.9. The van der Waals surface area contributed by atoms with Crippen molar-refractivity contribution < 1.29 is 13.2 Å². The summed E-state index contributed by atoms with van der Waals surface area (Å²) < 4.78 is 25.1. The van der Waals surface area contributed by atoms with Gasteiger partial charge in [0.1, 0.15) is 5.82 Å². The van der Waals surface area contributed by atoms with Crippen molar-refractivity contribution in [2.75, 3.05) is 25.1 Å². The second-order valence-electron chi connectivity index (χ2n) is 6.57. The van der Waals surface area contributed by atoms with E-state index in [2.05, 4.69) is 21.8 Å². The van der Waals surface area contributed by atoms with Gasteiger partial charge in [-0.25, -0.2) is 18.2 Å². The van der Waals surface area contributed by atoms with Crippen molar-refractivity contribution in [1.29, 1.82) is 0 Å². The minimum atomic E-state index is -2.91. The Morgan fingerprint density at radius 1 is 1.40 bits per heavy atom. The van der Waals surface area contributed by atoms with Gasteiger partial charge in [-0.3, -0.25) is 0 Å². The fraction of sp³-hybridized carbons (Fsp3) is 0.529. The number of aromatic nitrogens is 2. The highest BCUT2D eigenvalue weighted by molar-refractivity contribution is 7.91. The summed E-state index contributed by atoms with van der Waals surface area (Å²) in [4.78, 5) is 18.5. The third-order valence-electron chi connectivity index (χ3n) is 4.64. The predicted octanol–water partition coefficient (Wildman–Crippen LogP) is 1.63. The number of rotatable bonds is 5. The van der Waals surface area contributed by atoms with E-state index in [-0.39, 0.29) is 23.5 Å². The number of para-hydroxylation sites is 2. The number of amides is 2. The molecule has 0 saturated carbocycles. The first-order valence-electron chi connectivity index (χ1n) is 8.53. The maximum atomic E-state index is 12.3. The molecule has 2 heterocycles. The molecule has 1 aliphatic heterocycles. The molecule has 0 radical (unpaired) electrons. The summed E-state index contributed by atoms with van der Waals surface area (Å²) in [7, 11) is -1.19. The molecule has 2 aromatic rings. The molecule has 2 amide bonds. The van der Waals surface area contributed by atoms with Gasteiger partial charge >= 0.3 is 6.03 Å². The summed E-state index contributed by atoms with van der Waals surface area (Å²) in [6.07, 6.45) is 0.623. The van der Waals surface area contributed by atoms with E-state index in [4.69, 9.17) is 0 Å². The van der Waals surface area contributed by atoms with E-state index in [1.54, 1.807) is 11.9 Å². The van der Waals surface area contributed by atoms with Gasteiger partial charge in [0.25, 0.3) is 0 Å². The highest BCUT2D eigenvalue weighted by Gasteiger charge is 2.28. The first kappa shape index (κ1) is 17.7. The van der Waals surface area contributed by atoms with Gasteiger partial charge in [-0.15, -0.1) is 0 Å². The van der Waals surface area contributed by atoms with E-state index >= 15 is 0 Å². The number of aryl methyl sites for hydroxylation is 1. The zero-order valence-electron chi connectivity index (χ0n) is 14.6. The van der Waals surface area contributed by atoms with Crippen LogP contribution in [-0.4, -0.2) is 54.0 Å². The van der Waals surface area contributed by atoms with Crippen LogP contribution < -0.4 is 5.32 Å². The van der Waals surface area contributed by atoms with E-state index in [0.29, 0.717) is 19.5 Å². The molecule has 0 spiro atoms. The number of urea groups is 1. The zero-order chi connectivity index (χ0) is 18.0. The number of carbonyl (C=O) groups is 1. The Balaban J connectivity index is 1.62. The fourth-order valence-electron chi connectivity index (χ4n) is 3.28. The molecule has 1 aliphatic rings. The van der Waals surface area contributed by atoms with Crippen LogP contribution >= 0.6 is 0 Å². The Morgan fingerprint density at radius 2 is 2.16 bits per heavy atom. The normalized spacial score (nSPS) is 19.2. The summed E-state index contributed by atoms with van der Waals surface area (Å²) in [5.41, 5.74) is 1.98. The highest BCUT2D eigenvalue weighted by Crippen LogP contribution is 2.18.